The summed E-state index contributed by atoms with van der Waals surface area (Å²) in [5, 5.41) is 5.35. The van der Waals surface area contributed by atoms with E-state index in [9.17, 15) is 18.0 Å². The Morgan fingerprint density at radius 3 is 2.05 bits per heavy atom. The Bertz CT molecular complexity index is 474. The molecule has 8 heteroatoms. The molecule has 0 aliphatic carbocycles. The third-order valence-electron chi connectivity index (χ3n) is 3.16. The molecule has 0 aromatic rings. The zero-order valence-corrected chi connectivity index (χ0v) is 15.2. The highest BCUT2D eigenvalue weighted by Crippen LogP contribution is 2.06. The fourth-order valence-electron chi connectivity index (χ4n) is 2.12. The molecule has 7 nitrogen and oxygen atoms in total. The predicted octanol–water partition coefficient (Wildman–Crippen LogP) is 0.323. The average molecular weight is 335 g/mol. The molecule has 0 aromatic carbocycles. The van der Waals surface area contributed by atoms with E-state index in [4.69, 9.17) is 0 Å². The van der Waals surface area contributed by atoms with Crippen molar-refractivity contribution in [2.75, 3.05) is 19.3 Å². The Morgan fingerprint density at radius 1 is 1.14 bits per heavy atom. The van der Waals surface area contributed by atoms with Crippen LogP contribution in [0.5, 0.6) is 0 Å². The minimum atomic E-state index is -3.25. The number of amides is 2. The van der Waals surface area contributed by atoms with Crippen molar-refractivity contribution in [2.45, 2.75) is 53.1 Å². The van der Waals surface area contributed by atoms with Crippen LogP contribution < -0.4 is 10.6 Å². The SMILES string of the molecule is CC(=O)N[C@@H](C(=O)NCCCN(C(C)C)S(C)(=O)=O)C(C)C. The number of nitrogens with zero attached hydrogens (tertiary/aromatic N) is 1. The Balaban J connectivity index is 4.39. The molecular weight excluding hydrogens is 306 g/mol. The molecule has 0 rings (SSSR count). The molecule has 0 radical (unpaired) electrons. The van der Waals surface area contributed by atoms with Crippen LogP contribution in [0.1, 0.15) is 41.0 Å². The first-order chi connectivity index (χ1) is 9.96. The summed E-state index contributed by atoms with van der Waals surface area (Å²) in [5.41, 5.74) is 0. The number of rotatable bonds is 9. The summed E-state index contributed by atoms with van der Waals surface area (Å²) in [5.74, 6) is -0.523. The van der Waals surface area contributed by atoms with Crippen molar-refractivity contribution < 1.29 is 18.0 Å². The summed E-state index contributed by atoms with van der Waals surface area (Å²) in [6.45, 7) is 9.41. The summed E-state index contributed by atoms with van der Waals surface area (Å²) in [4.78, 5) is 23.1. The Hall–Kier alpha value is -1.15. The average Bonchev–Trinajstić information content (AvgIpc) is 2.32. The van der Waals surface area contributed by atoms with Crippen molar-refractivity contribution in [1.82, 2.24) is 14.9 Å². The van der Waals surface area contributed by atoms with Gasteiger partial charge in [-0.15, -0.1) is 0 Å². The van der Waals surface area contributed by atoms with Gasteiger partial charge in [-0.05, 0) is 26.2 Å². The lowest BCUT2D eigenvalue weighted by Crippen LogP contribution is -2.49. The number of carbonyl (C=O) groups excluding carboxylic acids is 2. The van der Waals surface area contributed by atoms with Crippen molar-refractivity contribution in [3.63, 3.8) is 0 Å². The summed E-state index contributed by atoms with van der Waals surface area (Å²) < 4.78 is 24.6. The second-order valence-corrected chi connectivity index (χ2v) is 7.97. The monoisotopic (exact) mass is 335 g/mol. The van der Waals surface area contributed by atoms with Gasteiger partial charge in [-0.2, -0.15) is 4.31 Å². The number of carbonyl (C=O) groups is 2. The second kappa shape index (κ2) is 9.09. The molecular formula is C14H29N3O4S. The van der Waals surface area contributed by atoms with Crippen molar-refractivity contribution in [3.8, 4) is 0 Å². The first kappa shape index (κ1) is 20.9. The fourth-order valence-corrected chi connectivity index (χ4v) is 3.34. The highest BCUT2D eigenvalue weighted by molar-refractivity contribution is 7.88. The van der Waals surface area contributed by atoms with Crippen LogP contribution in [0.4, 0.5) is 0 Å². The number of nitrogens with one attached hydrogen (secondary N) is 2. The lowest BCUT2D eigenvalue weighted by Gasteiger charge is -2.24. The minimum Gasteiger partial charge on any atom is -0.354 e. The molecule has 0 spiro atoms. The molecule has 0 fully saturated rings. The van der Waals surface area contributed by atoms with E-state index >= 15 is 0 Å². The van der Waals surface area contributed by atoms with Gasteiger partial charge in [0.15, 0.2) is 0 Å². The molecule has 130 valence electrons. The van der Waals surface area contributed by atoms with Gasteiger partial charge in [0.1, 0.15) is 6.04 Å². The van der Waals surface area contributed by atoms with Gasteiger partial charge in [0.05, 0.1) is 6.26 Å². The van der Waals surface area contributed by atoms with E-state index in [0.29, 0.717) is 19.5 Å². The number of hydrogen-bond donors (Lipinski definition) is 2. The lowest BCUT2D eigenvalue weighted by molar-refractivity contribution is -0.129. The predicted molar refractivity (Wildman–Crippen MR) is 86.8 cm³/mol. The van der Waals surface area contributed by atoms with Gasteiger partial charge < -0.3 is 10.6 Å². The van der Waals surface area contributed by atoms with Crippen LogP contribution in [-0.2, 0) is 19.6 Å². The summed E-state index contributed by atoms with van der Waals surface area (Å²) >= 11 is 0. The van der Waals surface area contributed by atoms with E-state index in [1.165, 1.54) is 17.5 Å². The molecule has 0 saturated carbocycles. The Labute approximate surface area is 133 Å². The lowest BCUT2D eigenvalue weighted by atomic mass is 10.0. The topological polar surface area (TPSA) is 95.6 Å². The van der Waals surface area contributed by atoms with Crippen molar-refractivity contribution in [3.05, 3.63) is 0 Å². The van der Waals surface area contributed by atoms with Gasteiger partial charge in [0.25, 0.3) is 0 Å². The van der Waals surface area contributed by atoms with Crippen LogP contribution in [0.3, 0.4) is 0 Å². The maximum atomic E-state index is 12.0. The van der Waals surface area contributed by atoms with Gasteiger partial charge in [-0.1, -0.05) is 13.8 Å². The number of sulfonamides is 1. The summed E-state index contributed by atoms with van der Waals surface area (Å²) in [7, 11) is -3.25. The van der Waals surface area contributed by atoms with E-state index in [2.05, 4.69) is 10.6 Å². The summed E-state index contributed by atoms with van der Waals surface area (Å²) in [6.07, 6.45) is 1.69. The van der Waals surface area contributed by atoms with Gasteiger partial charge in [-0.25, -0.2) is 8.42 Å². The minimum absolute atomic E-state index is 0.0212. The second-order valence-electron chi connectivity index (χ2n) is 6.03. The quantitative estimate of drug-likeness (QED) is 0.593. The molecule has 0 heterocycles. The van der Waals surface area contributed by atoms with Crippen LogP contribution >= 0.6 is 0 Å². The van der Waals surface area contributed by atoms with Crippen LogP contribution in [0, 0.1) is 5.92 Å². The Morgan fingerprint density at radius 2 is 1.68 bits per heavy atom. The molecule has 22 heavy (non-hydrogen) atoms. The van der Waals surface area contributed by atoms with E-state index in [0.717, 1.165) is 0 Å². The number of hydrogen-bond acceptors (Lipinski definition) is 4. The van der Waals surface area contributed by atoms with E-state index in [-0.39, 0.29) is 23.8 Å². The normalized spacial score (nSPS) is 13.5. The van der Waals surface area contributed by atoms with Crippen LogP contribution in [-0.4, -0.2) is 56.0 Å². The third kappa shape index (κ3) is 7.74. The first-order valence-electron chi connectivity index (χ1n) is 7.48. The Kier molecular flexibility index (Phi) is 8.62. The van der Waals surface area contributed by atoms with Crippen molar-refractivity contribution >= 4 is 21.8 Å². The molecule has 0 aromatic heterocycles. The third-order valence-corrected chi connectivity index (χ3v) is 4.62. The molecule has 0 saturated heterocycles. The zero-order chi connectivity index (χ0) is 17.5. The van der Waals surface area contributed by atoms with Crippen LogP contribution in [0.15, 0.2) is 0 Å². The van der Waals surface area contributed by atoms with Crippen LogP contribution in [0.2, 0.25) is 0 Å². The maximum absolute atomic E-state index is 12.0. The van der Waals surface area contributed by atoms with Crippen molar-refractivity contribution in [1.29, 1.82) is 0 Å². The van der Waals surface area contributed by atoms with Gasteiger partial charge in [0, 0.05) is 26.1 Å². The molecule has 2 amide bonds. The largest absolute Gasteiger partial charge is 0.354 e. The standard InChI is InChI=1S/C14H29N3O4S/c1-10(2)13(16-12(5)18)14(19)15-8-7-9-17(11(3)4)22(6,20)21/h10-11,13H,7-9H2,1-6H3,(H,15,19)(H,16,18)/t13-/m1/s1. The molecule has 0 aliphatic heterocycles. The molecule has 2 N–H and O–H groups in total. The fraction of sp³-hybridized carbons (Fsp3) is 0.857. The zero-order valence-electron chi connectivity index (χ0n) is 14.3. The molecule has 1 atom stereocenters. The summed E-state index contributed by atoms with van der Waals surface area (Å²) in [6, 6.07) is -0.692. The highest BCUT2D eigenvalue weighted by atomic mass is 32.2. The highest BCUT2D eigenvalue weighted by Gasteiger charge is 2.23. The first-order valence-corrected chi connectivity index (χ1v) is 9.33. The van der Waals surface area contributed by atoms with E-state index in [1.807, 2.05) is 27.7 Å². The van der Waals surface area contributed by atoms with E-state index < -0.39 is 16.1 Å². The van der Waals surface area contributed by atoms with E-state index in [1.54, 1.807) is 0 Å². The maximum Gasteiger partial charge on any atom is 0.242 e. The van der Waals surface area contributed by atoms with Gasteiger partial charge in [-0.3, -0.25) is 9.59 Å². The smallest absolute Gasteiger partial charge is 0.242 e. The van der Waals surface area contributed by atoms with Gasteiger partial charge in [0.2, 0.25) is 21.8 Å². The van der Waals surface area contributed by atoms with Crippen molar-refractivity contribution in [2.24, 2.45) is 5.92 Å². The molecule has 0 bridgehead atoms. The van der Waals surface area contributed by atoms with Gasteiger partial charge >= 0.3 is 0 Å². The molecule has 0 aliphatic rings. The van der Waals surface area contributed by atoms with Crippen LogP contribution in [0.25, 0.3) is 0 Å². The molecule has 0 unspecified atom stereocenters.